The summed E-state index contributed by atoms with van der Waals surface area (Å²) in [7, 11) is 0. The van der Waals surface area contributed by atoms with Crippen LogP contribution in [0.2, 0.25) is 0 Å². The number of aliphatic carboxylic acids is 1. The molecule has 0 aliphatic carbocycles. The molecule has 1 amide bonds. The minimum atomic E-state index is -1.19. The molecule has 1 rings (SSSR count). The number of aryl methyl sites for hydroxylation is 1. The number of thioether (sulfide) groups is 1. The zero-order valence-electron chi connectivity index (χ0n) is 8.85. The lowest BCUT2D eigenvalue weighted by Crippen LogP contribution is -2.28. The minimum Gasteiger partial charge on any atom is -0.549 e. The fraction of sp³-hybridized carbons (Fsp3) is 0.444. The molecule has 1 aromatic heterocycles. The first-order valence-electron chi connectivity index (χ1n) is 4.54. The zero-order valence-corrected chi connectivity index (χ0v) is 9.67. The third-order valence-corrected chi connectivity index (χ3v) is 2.82. The first-order valence-corrected chi connectivity index (χ1v) is 5.59. The maximum atomic E-state index is 11.5. The zero-order chi connectivity index (χ0) is 12.1. The van der Waals surface area contributed by atoms with E-state index in [-0.39, 0.29) is 11.7 Å². The van der Waals surface area contributed by atoms with Crippen molar-refractivity contribution in [3.63, 3.8) is 0 Å². The number of nitrogens with zero attached hydrogens (tertiary/aromatic N) is 1. The van der Waals surface area contributed by atoms with Crippen molar-refractivity contribution in [2.45, 2.75) is 19.1 Å². The molecule has 0 saturated heterocycles. The Balaban J connectivity index is 2.42. The highest BCUT2D eigenvalue weighted by atomic mass is 32.2. The average Bonchev–Trinajstić information content (AvgIpc) is 2.60. The monoisotopic (exact) mass is 243 g/mol. The number of aromatic nitrogens is 1. The number of rotatable bonds is 5. The molecule has 1 heterocycles. The molecule has 88 valence electrons. The normalized spacial score (nSPS) is 12.1. The number of nitrogens with one attached hydrogen (secondary N) is 1. The van der Waals surface area contributed by atoms with Crippen LogP contribution < -0.4 is 10.4 Å². The van der Waals surface area contributed by atoms with Crippen molar-refractivity contribution in [3.8, 4) is 0 Å². The molecule has 0 aliphatic rings. The summed E-state index contributed by atoms with van der Waals surface area (Å²) in [6, 6.07) is 1.58. The highest BCUT2D eigenvalue weighted by Gasteiger charge is 2.14. The van der Waals surface area contributed by atoms with Crippen LogP contribution in [0.3, 0.4) is 0 Å². The van der Waals surface area contributed by atoms with E-state index >= 15 is 0 Å². The van der Waals surface area contributed by atoms with E-state index in [0.29, 0.717) is 11.6 Å². The van der Waals surface area contributed by atoms with Gasteiger partial charge >= 0.3 is 0 Å². The van der Waals surface area contributed by atoms with E-state index in [1.54, 1.807) is 19.9 Å². The molecule has 0 aliphatic heterocycles. The molecule has 0 saturated carbocycles. The number of anilines is 1. The van der Waals surface area contributed by atoms with Crippen LogP contribution in [0.25, 0.3) is 0 Å². The van der Waals surface area contributed by atoms with E-state index in [1.807, 2.05) is 0 Å². The van der Waals surface area contributed by atoms with Crippen molar-refractivity contribution < 1.29 is 19.2 Å². The third kappa shape index (κ3) is 3.93. The van der Waals surface area contributed by atoms with Crippen molar-refractivity contribution >= 4 is 29.5 Å². The number of carboxylic acid groups (broad SMARTS) is 1. The Bertz CT molecular complexity index is 391. The summed E-state index contributed by atoms with van der Waals surface area (Å²) < 4.78 is 4.77. The van der Waals surface area contributed by atoms with Gasteiger partial charge in [-0.25, -0.2) is 0 Å². The van der Waals surface area contributed by atoms with E-state index < -0.39 is 11.2 Å². The van der Waals surface area contributed by atoms with Gasteiger partial charge in [-0.2, -0.15) is 0 Å². The van der Waals surface area contributed by atoms with E-state index in [4.69, 9.17) is 4.52 Å². The molecular formula is C9H11N2O4S-. The lowest BCUT2D eigenvalue weighted by molar-refractivity contribution is -0.301. The Labute approximate surface area is 96.4 Å². The molecule has 1 atom stereocenters. The lowest BCUT2D eigenvalue weighted by atomic mass is 10.4. The van der Waals surface area contributed by atoms with Gasteiger partial charge in [0.15, 0.2) is 5.82 Å². The number of carbonyl (C=O) groups excluding carboxylic acids is 2. The van der Waals surface area contributed by atoms with Crippen molar-refractivity contribution in [3.05, 3.63) is 11.8 Å². The van der Waals surface area contributed by atoms with Gasteiger partial charge in [0.1, 0.15) is 5.76 Å². The molecule has 0 bridgehead atoms. The molecule has 0 unspecified atom stereocenters. The third-order valence-electron chi connectivity index (χ3n) is 1.70. The molecule has 1 aromatic rings. The first-order chi connectivity index (χ1) is 7.49. The van der Waals surface area contributed by atoms with E-state index in [2.05, 4.69) is 10.5 Å². The summed E-state index contributed by atoms with van der Waals surface area (Å²) in [5, 5.41) is 15.8. The second kappa shape index (κ2) is 5.55. The number of carboxylic acids is 1. The molecule has 6 nitrogen and oxygen atoms in total. The Morgan fingerprint density at radius 2 is 2.38 bits per heavy atom. The Morgan fingerprint density at radius 3 is 2.88 bits per heavy atom. The molecule has 0 aromatic carbocycles. The molecule has 0 fully saturated rings. The summed E-state index contributed by atoms with van der Waals surface area (Å²) in [4.78, 5) is 21.7. The lowest BCUT2D eigenvalue weighted by Gasteiger charge is -2.10. The van der Waals surface area contributed by atoms with Crippen molar-refractivity contribution in [2.24, 2.45) is 0 Å². The SMILES string of the molecule is Cc1cc(NC(=O)[C@H](C)SCC(=O)[O-])no1. The quantitative estimate of drug-likeness (QED) is 0.769. The van der Waals surface area contributed by atoms with Gasteiger partial charge in [0, 0.05) is 11.8 Å². The number of carbonyl (C=O) groups is 2. The summed E-state index contributed by atoms with van der Waals surface area (Å²) in [5.41, 5.74) is 0. The van der Waals surface area contributed by atoms with Crippen molar-refractivity contribution in [1.29, 1.82) is 0 Å². The van der Waals surface area contributed by atoms with Gasteiger partial charge < -0.3 is 19.7 Å². The van der Waals surface area contributed by atoms with Gasteiger partial charge in [0.2, 0.25) is 5.91 Å². The minimum absolute atomic E-state index is 0.216. The molecule has 16 heavy (non-hydrogen) atoms. The predicted molar refractivity (Wildman–Crippen MR) is 56.8 cm³/mol. The predicted octanol–water partition coefficient (Wildman–Crippen LogP) is -0.207. The maximum Gasteiger partial charge on any atom is 0.238 e. The van der Waals surface area contributed by atoms with Crippen molar-refractivity contribution in [2.75, 3.05) is 11.1 Å². The second-order valence-corrected chi connectivity index (χ2v) is 4.47. The van der Waals surface area contributed by atoms with Crippen LogP contribution in [0, 0.1) is 6.92 Å². The molecule has 7 heteroatoms. The van der Waals surface area contributed by atoms with E-state index in [1.165, 1.54) is 0 Å². The fourth-order valence-electron chi connectivity index (χ4n) is 0.922. The smallest absolute Gasteiger partial charge is 0.238 e. The standard InChI is InChI=1S/C9H12N2O4S/c1-5-3-7(11-15-5)10-9(14)6(2)16-4-8(12)13/h3,6H,4H2,1-2H3,(H,12,13)(H,10,11,14)/p-1/t6-/m0/s1. The van der Waals surface area contributed by atoms with Crippen LogP contribution in [-0.4, -0.2) is 28.0 Å². The summed E-state index contributed by atoms with van der Waals surface area (Å²) in [6.07, 6.45) is 0. The van der Waals surface area contributed by atoms with Gasteiger partial charge in [0.25, 0.3) is 0 Å². The number of amides is 1. The van der Waals surface area contributed by atoms with Crippen LogP contribution in [-0.2, 0) is 9.59 Å². The highest BCUT2D eigenvalue weighted by molar-refractivity contribution is 8.01. The molecule has 0 spiro atoms. The van der Waals surface area contributed by atoms with Crippen LogP contribution in [0.1, 0.15) is 12.7 Å². The average molecular weight is 243 g/mol. The first kappa shape index (κ1) is 12.6. The molecule has 0 radical (unpaired) electrons. The Morgan fingerprint density at radius 1 is 1.69 bits per heavy atom. The van der Waals surface area contributed by atoms with Crippen LogP contribution in [0.15, 0.2) is 10.6 Å². The van der Waals surface area contributed by atoms with Gasteiger partial charge in [0.05, 0.1) is 11.2 Å². The van der Waals surface area contributed by atoms with E-state index in [0.717, 1.165) is 11.8 Å². The fourth-order valence-corrected chi connectivity index (χ4v) is 1.52. The maximum absolute atomic E-state index is 11.5. The number of hydrogen-bond acceptors (Lipinski definition) is 6. The molecular weight excluding hydrogens is 232 g/mol. The molecule has 1 N–H and O–H groups in total. The highest BCUT2D eigenvalue weighted by Crippen LogP contribution is 2.13. The van der Waals surface area contributed by atoms with Crippen molar-refractivity contribution in [1.82, 2.24) is 5.16 Å². The summed E-state index contributed by atoms with van der Waals surface area (Å²) >= 11 is 0.986. The van der Waals surface area contributed by atoms with Crippen LogP contribution in [0.5, 0.6) is 0 Å². The van der Waals surface area contributed by atoms with Crippen LogP contribution >= 0.6 is 11.8 Å². The van der Waals surface area contributed by atoms with Crippen LogP contribution in [0.4, 0.5) is 5.82 Å². The summed E-state index contributed by atoms with van der Waals surface area (Å²) in [5.74, 6) is -0.817. The van der Waals surface area contributed by atoms with E-state index in [9.17, 15) is 14.7 Å². The topological polar surface area (TPSA) is 95.3 Å². The number of hydrogen-bond donors (Lipinski definition) is 1. The second-order valence-electron chi connectivity index (χ2n) is 3.14. The summed E-state index contributed by atoms with van der Waals surface area (Å²) in [6.45, 7) is 3.31. The Hall–Kier alpha value is -1.50. The van der Waals surface area contributed by atoms with Gasteiger partial charge in [-0.1, -0.05) is 5.16 Å². The van der Waals surface area contributed by atoms with Gasteiger partial charge in [-0.05, 0) is 13.8 Å². The largest absolute Gasteiger partial charge is 0.549 e. The van der Waals surface area contributed by atoms with Gasteiger partial charge in [-0.3, -0.25) is 4.79 Å². The Kier molecular flexibility index (Phi) is 4.36. The van der Waals surface area contributed by atoms with Gasteiger partial charge in [-0.15, -0.1) is 11.8 Å².